The van der Waals surface area contributed by atoms with Crippen LogP contribution in [0.15, 0.2) is 42.5 Å². The molecular formula is C28H31F4N7O2. The number of aromatic amines is 1. The van der Waals surface area contributed by atoms with Crippen LogP contribution in [-0.4, -0.2) is 49.5 Å². The number of H-pyrrole nitrogens is 1. The minimum absolute atomic E-state index is 0.0284. The van der Waals surface area contributed by atoms with E-state index in [2.05, 4.69) is 46.7 Å². The number of benzene rings is 2. The molecule has 2 aromatic carbocycles. The van der Waals surface area contributed by atoms with Gasteiger partial charge in [0, 0.05) is 17.8 Å². The van der Waals surface area contributed by atoms with Crippen LogP contribution < -0.4 is 10.2 Å². The summed E-state index contributed by atoms with van der Waals surface area (Å²) in [5.41, 5.74) is -0.721. The van der Waals surface area contributed by atoms with Gasteiger partial charge in [0.1, 0.15) is 5.82 Å². The Bertz CT molecular complexity index is 1410. The molecule has 5 rings (SSSR count). The molecule has 1 aromatic heterocycles. The summed E-state index contributed by atoms with van der Waals surface area (Å²) in [7, 11) is 0. The predicted molar refractivity (Wildman–Crippen MR) is 142 cm³/mol. The number of aromatic nitrogens is 4. The molecule has 1 saturated carbocycles. The maximum Gasteiger partial charge on any atom is 0.416 e. The van der Waals surface area contributed by atoms with Gasteiger partial charge >= 0.3 is 12.2 Å². The summed E-state index contributed by atoms with van der Waals surface area (Å²) in [6.45, 7) is 6.89. The van der Waals surface area contributed by atoms with Crippen molar-refractivity contribution in [1.29, 1.82) is 0 Å². The predicted octanol–water partition coefficient (Wildman–Crippen LogP) is 6.03. The maximum atomic E-state index is 14.3. The van der Waals surface area contributed by atoms with Crippen molar-refractivity contribution in [3.8, 4) is 0 Å². The highest BCUT2D eigenvalue weighted by Crippen LogP contribution is 2.48. The number of nitrogens with zero attached hydrogens (tertiary/aromatic N) is 5. The van der Waals surface area contributed by atoms with E-state index in [4.69, 9.17) is 0 Å². The third-order valence-corrected chi connectivity index (χ3v) is 8.28. The van der Waals surface area contributed by atoms with Crippen LogP contribution in [0.1, 0.15) is 67.9 Å². The van der Waals surface area contributed by atoms with Crippen LogP contribution in [0.25, 0.3) is 0 Å². The Morgan fingerprint density at radius 2 is 1.78 bits per heavy atom. The molecule has 1 aliphatic heterocycles. The summed E-state index contributed by atoms with van der Waals surface area (Å²) in [5.74, 6) is -1.03. The molecule has 2 heterocycles. The van der Waals surface area contributed by atoms with Crippen molar-refractivity contribution in [2.24, 2.45) is 11.3 Å². The van der Waals surface area contributed by atoms with Crippen molar-refractivity contribution in [3.63, 3.8) is 0 Å². The minimum atomic E-state index is -4.75. The molecule has 1 aliphatic carbocycles. The van der Waals surface area contributed by atoms with E-state index in [-0.39, 0.29) is 30.1 Å². The number of hydrogen-bond acceptors (Lipinski definition) is 5. The maximum absolute atomic E-state index is 14.3. The monoisotopic (exact) mass is 573 g/mol. The first-order valence-corrected chi connectivity index (χ1v) is 13.4. The largest absolute Gasteiger partial charge is 0.416 e. The summed E-state index contributed by atoms with van der Waals surface area (Å²) >= 11 is 0. The van der Waals surface area contributed by atoms with Crippen LogP contribution in [0.4, 0.5) is 34.0 Å². The molecule has 13 heteroatoms. The van der Waals surface area contributed by atoms with Crippen LogP contribution in [0, 0.1) is 17.2 Å². The Kier molecular flexibility index (Phi) is 7.24. The topological polar surface area (TPSA) is 107 Å². The average Bonchev–Trinajstić information content (AvgIpc) is 3.50. The fraction of sp³-hybridized carbons (Fsp3) is 0.464. The summed E-state index contributed by atoms with van der Waals surface area (Å²) < 4.78 is 54.7. The number of halogens is 4. The molecule has 2 aliphatic rings. The van der Waals surface area contributed by atoms with E-state index in [9.17, 15) is 27.2 Å². The van der Waals surface area contributed by atoms with E-state index < -0.39 is 35.0 Å². The van der Waals surface area contributed by atoms with Gasteiger partial charge in [0.05, 0.1) is 17.6 Å². The highest BCUT2D eigenvalue weighted by Gasteiger charge is 2.52. The van der Waals surface area contributed by atoms with Crippen LogP contribution >= 0.6 is 0 Å². The molecule has 0 radical (unpaired) electrons. The van der Waals surface area contributed by atoms with Crippen molar-refractivity contribution >= 4 is 23.6 Å². The number of rotatable bonds is 5. The quantitative estimate of drug-likeness (QED) is 0.363. The zero-order valence-electron chi connectivity index (χ0n) is 22.9. The third kappa shape index (κ3) is 5.89. The van der Waals surface area contributed by atoms with E-state index in [0.29, 0.717) is 30.4 Å². The molecule has 0 atom stereocenters. The van der Waals surface area contributed by atoms with E-state index in [1.807, 2.05) is 0 Å². The fourth-order valence-electron chi connectivity index (χ4n) is 5.91. The van der Waals surface area contributed by atoms with Gasteiger partial charge in [-0.25, -0.2) is 9.18 Å². The highest BCUT2D eigenvalue weighted by atomic mass is 19.4. The van der Waals surface area contributed by atoms with Gasteiger partial charge in [0.15, 0.2) is 0 Å². The molecule has 0 bridgehead atoms. The second kappa shape index (κ2) is 10.4. The van der Waals surface area contributed by atoms with E-state index in [1.54, 1.807) is 29.2 Å². The van der Waals surface area contributed by atoms with Gasteiger partial charge in [-0.1, -0.05) is 38.0 Å². The standard InChI is InChI=1S/C28H31F4N7O2/c1-26(2,3)19-8-10-27(11-9-19)16-38(22-13-20(28(30,31)32)12-21(29)14-22)25(41)39(27)15-17-4-6-18(7-5-17)23(40)33-24-34-36-37-35-24/h4-7,12-14,19H,8-11,15-16H2,1-3H3,(H2,33,34,35,36,37,40). The summed E-state index contributed by atoms with van der Waals surface area (Å²) in [5, 5.41) is 15.5. The van der Waals surface area contributed by atoms with Gasteiger partial charge in [-0.2, -0.15) is 18.4 Å². The number of alkyl halides is 3. The van der Waals surface area contributed by atoms with Crippen LogP contribution in [-0.2, 0) is 12.7 Å². The molecule has 41 heavy (non-hydrogen) atoms. The molecular weight excluding hydrogens is 542 g/mol. The highest BCUT2D eigenvalue weighted by molar-refractivity contribution is 6.03. The molecule has 2 N–H and O–H groups in total. The smallest absolute Gasteiger partial charge is 0.313 e. The van der Waals surface area contributed by atoms with Crippen LogP contribution in [0.3, 0.4) is 0 Å². The second-order valence-electron chi connectivity index (χ2n) is 11.9. The van der Waals surface area contributed by atoms with Gasteiger partial charge in [-0.3, -0.25) is 15.0 Å². The summed E-state index contributed by atoms with van der Waals surface area (Å²) in [6.07, 6.45) is -1.70. The Balaban J connectivity index is 1.42. The SMILES string of the molecule is CC(C)(C)C1CCC2(CC1)CN(c1cc(F)cc(C(F)(F)F)c1)C(=O)N2Cc1ccc(C(=O)Nc2nn[nH]n2)cc1. The third-order valence-electron chi connectivity index (χ3n) is 8.28. The van der Waals surface area contributed by atoms with E-state index in [0.717, 1.165) is 30.5 Å². The first kappa shape index (κ1) is 28.5. The molecule has 3 aromatic rings. The lowest BCUT2D eigenvalue weighted by Crippen LogP contribution is -2.50. The average molecular weight is 574 g/mol. The number of carbonyl (C=O) groups is 2. The molecule has 2 fully saturated rings. The lowest BCUT2D eigenvalue weighted by atomic mass is 9.67. The lowest BCUT2D eigenvalue weighted by molar-refractivity contribution is -0.137. The van der Waals surface area contributed by atoms with E-state index in [1.165, 1.54) is 4.90 Å². The lowest BCUT2D eigenvalue weighted by Gasteiger charge is -2.45. The van der Waals surface area contributed by atoms with Crippen molar-refractivity contribution in [1.82, 2.24) is 25.5 Å². The number of anilines is 2. The Labute approximate surface area is 234 Å². The zero-order chi connectivity index (χ0) is 29.6. The summed E-state index contributed by atoms with van der Waals surface area (Å²) in [6, 6.07) is 8.42. The zero-order valence-corrected chi connectivity index (χ0v) is 22.9. The van der Waals surface area contributed by atoms with Crippen molar-refractivity contribution < 1.29 is 27.2 Å². The second-order valence-corrected chi connectivity index (χ2v) is 11.9. The Morgan fingerprint density at radius 3 is 2.37 bits per heavy atom. The van der Waals surface area contributed by atoms with Gasteiger partial charge in [-0.15, -0.1) is 5.10 Å². The van der Waals surface area contributed by atoms with Gasteiger partial charge in [0.2, 0.25) is 0 Å². The minimum Gasteiger partial charge on any atom is -0.313 e. The van der Waals surface area contributed by atoms with Crippen molar-refractivity contribution in [2.45, 2.75) is 64.7 Å². The Morgan fingerprint density at radius 1 is 1.10 bits per heavy atom. The first-order chi connectivity index (χ1) is 19.2. The Hall–Kier alpha value is -4.03. The molecule has 1 spiro atoms. The number of carbonyl (C=O) groups excluding carboxylic acids is 2. The molecule has 3 amide bonds. The van der Waals surface area contributed by atoms with Gasteiger partial charge in [0.25, 0.3) is 11.9 Å². The number of nitrogens with one attached hydrogen (secondary N) is 2. The summed E-state index contributed by atoms with van der Waals surface area (Å²) in [4.78, 5) is 29.3. The number of amides is 3. The normalized spacial score (nSPS) is 21.5. The number of tetrazole rings is 1. The number of hydrogen-bond donors (Lipinski definition) is 2. The van der Waals surface area contributed by atoms with E-state index >= 15 is 0 Å². The van der Waals surface area contributed by atoms with Crippen LogP contribution in [0.5, 0.6) is 0 Å². The van der Waals surface area contributed by atoms with Crippen molar-refractivity contribution in [2.75, 3.05) is 16.8 Å². The molecule has 0 unspecified atom stereocenters. The fourth-order valence-corrected chi connectivity index (χ4v) is 5.91. The van der Waals surface area contributed by atoms with Crippen molar-refractivity contribution in [3.05, 3.63) is 65.0 Å². The van der Waals surface area contributed by atoms with Gasteiger partial charge < -0.3 is 4.90 Å². The molecule has 1 saturated heterocycles. The van der Waals surface area contributed by atoms with Crippen LogP contribution in [0.2, 0.25) is 0 Å². The molecule has 9 nitrogen and oxygen atoms in total. The number of urea groups is 1. The first-order valence-electron chi connectivity index (χ1n) is 13.4. The molecule has 218 valence electrons. The van der Waals surface area contributed by atoms with Gasteiger partial charge in [-0.05, 0) is 78.1 Å².